The Hall–Kier alpha value is -3.68. The second-order valence-corrected chi connectivity index (χ2v) is 6.81. The van der Waals surface area contributed by atoms with E-state index in [1.165, 1.54) is 5.56 Å². The van der Waals surface area contributed by atoms with Crippen molar-refractivity contribution >= 4 is 23.3 Å². The predicted octanol–water partition coefficient (Wildman–Crippen LogP) is 2.00. The van der Waals surface area contributed by atoms with Crippen molar-refractivity contribution in [3.05, 3.63) is 59.2 Å². The lowest BCUT2D eigenvalue weighted by atomic mass is 9.88. The van der Waals surface area contributed by atoms with Gasteiger partial charge in [0.15, 0.2) is 17.3 Å². The topological polar surface area (TPSA) is 131 Å². The summed E-state index contributed by atoms with van der Waals surface area (Å²) in [6, 6.07) is 13.3. The van der Waals surface area contributed by atoms with Gasteiger partial charge in [0.25, 0.3) is 0 Å². The molecule has 5 N–H and O–H groups in total. The Kier molecular flexibility index (Phi) is 4.54. The Morgan fingerprint density at radius 2 is 1.86 bits per heavy atom. The van der Waals surface area contributed by atoms with Crippen LogP contribution in [0.2, 0.25) is 0 Å². The van der Waals surface area contributed by atoms with Crippen LogP contribution in [0.3, 0.4) is 0 Å². The highest BCUT2D eigenvalue weighted by atomic mass is 16.5. The molecule has 1 aliphatic carbocycles. The fourth-order valence-electron chi connectivity index (χ4n) is 3.78. The van der Waals surface area contributed by atoms with Crippen molar-refractivity contribution in [3.8, 4) is 11.5 Å². The van der Waals surface area contributed by atoms with Crippen LogP contribution in [0.15, 0.2) is 57.4 Å². The molecule has 1 unspecified atom stereocenters. The maximum atomic E-state index is 8.34. The molecule has 0 radical (unpaired) electrons. The van der Waals surface area contributed by atoms with Crippen LogP contribution in [-0.4, -0.2) is 37.6 Å². The number of nitrogens with two attached hydrogens (primary N) is 2. The van der Waals surface area contributed by atoms with Crippen LogP contribution in [-0.2, 0) is 12.0 Å². The van der Waals surface area contributed by atoms with E-state index in [-0.39, 0.29) is 17.6 Å². The molecule has 0 aromatic heterocycles. The second kappa shape index (κ2) is 7.05. The number of hydrogen-bond acceptors (Lipinski definition) is 7. The van der Waals surface area contributed by atoms with Gasteiger partial charge in [-0.05, 0) is 41.7 Å². The molecule has 0 fully saturated rings. The van der Waals surface area contributed by atoms with E-state index in [9.17, 15) is 0 Å². The Morgan fingerprint density at radius 3 is 2.59 bits per heavy atom. The summed E-state index contributed by atoms with van der Waals surface area (Å²) in [4.78, 5) is 13.6. The van der Waals surface area contributed by atoms with Gasteiger partial charge in [0.05, 0.1) is 19.9 Å². The summed E-state index contributed by atoms with van der Waals surface area (Å²) in [5.74, 6) is 1.13. The molecule has 8 nitrogen and oxygen atoms in total. The van der Waals surface area contributed by atoms with Gasteiger partial charge in [0, 0.05) is 0 Å². The summed E-state index contributed by atoms with van der Waals surface area (Å²) in [6.45, 7) is 0. The molecule has 1 atom stereocenters. The molecule has 2 aromatic carbocycles. The maximum Gasteiger partial charge on any atom is 0.219 e. The molecule has 2 aromatic rings. The van der Waals surface area contributed by atoms with Gasteiger partial charge in [-0.25, -0.2) is 9.98 Å². The highest BCUT2D eigenvalue weighted by Crippen LogP contribution is 2.38. The molecule has 0 saturated carbocycles. The first-order valence-electron chi connectivity index (χ1n) is 9.17. The van der Waals surface area contributed by atoms with E-state index >= 15 is 0 Å². The Morgan fingerprint density at radius 1 is 1.10 bits per heavy atom. The lowest BCUT2D eigenvalue weighted by Gasteiger charge is -2.26. The summed E-state index contributed by atoms with van der Waals surface area (Å²) < 4.78 is 10.7. The van der Waals surface area contributed by atoms with E-state index in [0.717, 1.165) is 24.1 Å². The number of nitrogens with one attached hydrogen (secondary N) is 1. The van der Waals surface area contributed by atoms with Crippen molar-refractivity contribution in [2.24, 2.45) is 26.4 Å². The van der Waals surface area contributed by atoms with Crippen molar-refractivity contribution in [1.82, 2.24) is 0 Å². The Balaban J connectivity index is 1.86. The highest BCUT2D eigenvalue weighted by molar-refractivity contribution is 6.24. The van der Waals surface area contributed by atoms with Crippen LogP contribution < -0.4 is 20.9 Å². The van der Waals surface area contributed by atoms with Gasteiger partial charge in [-0.2, -0.15) is 4.99 Å². The van der Waals surface area contributed by atoms with Crippen LogP contribution in [0, 0.1) is 5.41 Å². The van der Waals surface area contributed by atoms with Crippen molar-refractivity contribution < 1.29 is 9.47 Å². The number of rotatable bonds is 4. The second-order valence-electron chi connectivity index (χ2n) is 6.81. The minimum atomic E-state index is -1.41. The molecule has 148 valence electrons. The van der Waals surface area contributed by atoms with E-state index in [1.54, 1.807) is 32.4 Å². The van der Waals surface area contributed by atoms with Crippen LogP contribution in [0.1, 0.15) is 23.1 Å². The Labute approximate surface area is 168 Å². The minimum absolute atomic E-state index is 0.0283. The maximum absolute atomic E-state index is 8.34. The van der Waals surface area contributed by atoms with E-state index < -0.39 is 5.54 Å². The van der Waals surface area contributed by atoms with Gasteiger partial charge in [0.1, 0.15) is 5.84 Å². The standard InChI is InChI=1S/C21H22N6O2/c1-28-16-10-8-13(11-17(16)29-2)21(18(22)23)19(26-20(24)27-21)25-15-9-7-12-5-3-4-6-14(12)15/h3-6,8,10-11H,7,9H2,1-2H3,(H3,22,23)(H2,24,27). The van der Waals surface area contributed by atoms with E-state index in [1.807, 2.05) is 18.2 Å². The first kappa shape index (κ1) is 18.7. The number of fused-ring (bicyclic) bond motifs is 1. The van der Waals surface area contributed by atoms with Crippen molar-refractivity contribution in [1.29, 1.82) is 5.41 Å². The quantitative estimate of drug-likeness (QED) is 0.544. The minimum Gasteiger partial charge on any atom is -0.493 e. The van der Waals surface area contributed by atoms with Gasteiger partial charge in [-0.3, -0.25) is 5.41 Å². The summed E-state index contributed by atoms with van der Waals surface area (Å²) in [6.07, 6.45) is 1.68. The zero-order valence-corrected chi connectivity index (χ0v) is 16.3. The first-order valence-corrected chi connectivity index (χ1v) is 9.17. The van der Waals surface area contributed by atoms with E-state index in [2.05, 4.69) is 16.1 Å². The van der Waals surface area contributed by atoms with Gasteiger partial charge in [0.2, 0.25) is 11.5 Å². The number of methoxy groups -OCH3 is 2. The number of ether oxygens (including phenoxy) is 2. The fourth-order valence-corrected chi connectivity index (χ4v) is 3.78. The molecule has 1 heterocycles. The van der Waals surface area contributed by atoms with Gasteiger partial charge in [-0.1, -0.05) is 30.3 Å². The third-order valence-corrected chi connectivity index (χ3v) is 5.22. The molecule has 8 heteroatoms. The number of benzene rings is 2. The zero-order chi connectivity index (χ0) is 20.6. The lowest BCUT2D eigenvalue weighted by molar-refractivity contribution is 0.354. The molecule has 29 heavy (non-hydrogen) atoms. The SMILES string of the molecule is COc1ccc(C2(C(=N)N)N=C(N)N=C2N=C2CCc3ccccc32)cc1OC. The monoisotopic (exact) mass is 390 g/mol. The van der Waals surface area contributed by atoms with E-state index in [0.29, 0.717) is 17.1 Å². The van der Waals surface area contributed by atoms with Crippen LogP contribution >= 0.6 is 0 Å². The predicted molar refractivity (Wildman–Crippen MR) is 113 cm³/mol. The van der Waals surface area contributed by atoms with Crippen LogP contribution in [0.25, 0.3) is 0 Å². The highest BCUT2D eigenvalue weighted by Gasteiger charge is 2.46. The van der Waals surface area contributed by atoms with Crippen molar-refractivity contribution in [3.63, 3.8) is 0 Å². The Bertz CT molecular complexity index is 1090. The smallest absolute Gasteiger partial charge is 0.219 e. The molecule has 0 saturated heterocycles. The van der Waals surface area contributed by atoms with Crippen LogP contribution in [0.4, 0.5) is 0 Å². The fraction of sp³-hybridized carbons (Fsp3) is 0.238. The normalized spacial score (nSPS) is 21.5. The largest absolute Gasteiger partial charge is 0.493 e. The molecule has 0 spiro atoms. The number of amidine groups is 2. The number of hydrogen-bond donors (Lipinski definition) is 3. The average molecular weight is 390 g/mol. The molecule has 2 aliphatic rings. The summed E-state index contributed by atoms with van der Waals surface area (Å²) in [7, 11) is 3.10. The summed E-state index contributed by atoms with van der Waals surface area (Å²) >= 11 is 0. The van der Waals surface area contributed by atoms with Crippen molar-refractivity contribution in [2.75, 3.05) is 14.2 Å². The summed E-state index contributed by atoms with van der Waals surface area (Å²) in [5.41, 5.74) is 14.4. The van der Waals surface area contributed by atoms with Gasteiger partial charge >= 0.3 is 0 Å². The summed E-state index contributed by atoms with van der Waals surface area (Å²) in [5, 5.41) is 8.34. The van der Waals surface area contributed by atoms with Gasteiger partial charge in [-0.15, -0.1) is 0 Å². The van der Waals surface area contributed by atoms with Crippen LogP contribution in [0.5, 0.6) is 11.5 Å². The molecule has 4 rings (SSSR count). The number of aryl methyl sites for hydroxylation is 1. The zero-order valence-electron chi connectivity index (χ0n) is 16.3. The lowest BCUT2D eigenvalue weighted by Crippen LogP contribution is -2.44. The van der Waals surface area contributed by atoms with Gasteiger partial charge < -0.3 is 20.9 Å². The van der Waals surface area contributed by atoms with Crippen molar-refractivity contribution in [2.45, 2.75) is 18.4 Å². The molecule has 0 bridgehead atoms. The molecule has 0 amide bonds. The number of nitrogens with zero attached hydrogens (tertiary/aromatic N) is 3. The molecular formula is C21H22N6O2. The van der Waals surface area contributed by atoms with E-state index in [4.69, 9.17) is 31.3 Å². The third-order valence-electron chi connectivity index (χ3n) is 5.22. The number of aliphatic imine (C=N–C) groups is 3. The first-order chi connectivity index (χ1) is 14.0. The molecule has 1 aliphatic heterocycles. The molecular weight excluding hydrogens is 368 g/mol. The third kappa shape index (κ3) is 2.93. The average Bonchev–Trinajstić information content (AvgIpc) is 3.29. The number of guanidine groups is 1.